The van der Waals surface area contributed by atoms with Crippen LogP contribution < -0.4 is 0 Å². The van der Waals surface area contributed by atoms with Crippen LogP contribution in [-0.2, 0) is 0 Å². The van der Waals surface area contributed by atoms with Crippen molar-refractivity contribution in [2.45, 2.75) is 26.2 Å². The molecule has 8 heteroatoms. The summed E-state index contributed by atoms with van der Waals surface area (Å²) in [6, 6.07) is 0. The normalized spacial score (nSPS) is 21.4. The summed E-state index contributed by atoms with van der Waals surface area (Å²) in [4.78, 5) is 15.1. The molecule has 2 aliphatic carbocycles. The Morgan fingerprint density at radius 2 is 1.25 bits per heavy atom. The van der Waals surface area contributed by atoms with Crippen molar-refractivity contribution in [1.29, 1.82) is 21.0 Å². The van der Waals surface area contributed by atoms with Gasteiger partial charge in [0.05, 0.1) is 22.8 Å². The van der Waals surface area contributed by atoms with Gasteiger partial charge in [0.15, 0.2) is 0 Å². The maximum Gasteiger partial charge on any atom is 0.206 e. The molecule has 0 bridgehead atoms. The lowest BCUT2D eigenvalue weighted by Gasteiger charge is -2.15. The van der Waals surface area contributed by atoms with E-state index >= 15 is 0 Å². The first kappa shape index (κ1) is 19.9. The van der Waals surface area contributed by atoms with Gasteiger partial charge >= 0.3 is 0 Å². The van der Waals surface area contributed by atoms with Crippen molar-refractivity contribution in [2.24, 2.45) is 20.0 Å². The number of nitriles is 4. The lowest BCUT2D eigenvalue weighted by Crippen LogP contribution is -2.13. The van der Waals surface area contributed by atoms with Crippen LogP contribution in [0.25, 0.3) is 0 Å². The van der Waals surface area contributed by atoms with E-state index in [1.54, 1.807) is 62.1 Å². The van der Waals surface area contributed by atoms with Crippen LogP contribution in [0.2, 0.25) is 0 Å². The van der Waals surface area contributed by atoms with E-state index in [-0.39, 0.29) is 0 Å². The molecule has 0 aromatic rings. The molecule has 2 aliphatic rings. The molecule has 0 atom stereocenters. The average Bonchev–Trinajstić information content (AvgIpc) is 2.67. The molecule has 0 spiro atoms. The van der Waals surface area contributed by atoms with Gasteiger partial charge in [-0.25, -0.2) is 0 Å². The van der Waals surface area contributed by atoms with Crippen LogP contribution in [0.4, 0.5) is 0 Å². The van der Waals surface area contributed by atoms with E-state index in [4.69, 9.17) is 21.0 Å². The Bertz CT molecular complexity index is 1080. The molecule has 0 fully saturated rings. The molecule has 0 aromatic carbocycles. The number of hydrogen-bond donors (Lipinski definition) is 0. The molecule has 8 nitrogen and oxygen atoms in total. The zero-order valence-corrected chi connectivity index (χ0v) is 15.1. The van der Waals surface area contributed by atoms with Gasteiger partial charge in [-0.2, -0.15) is 41.0 Å². The van der Waals surface area contributed by atoms with Crippen LogP contribution in [-0.4, -0.2) is 22.8 Å². The molecule has 0 N–H and O–H groups in total. The van der Waals surface area contributed by atoms with Crippen molar-refractivity contribution in [3.63, 3.8) is 0 Å². The number of aliphatic imine (C=N–C) groups is 4. The van der Waals surface area contributed by atoms with Gasteiger partial charge in [0.25, 0.3) is 0 Å². The first-order valence-corrected chi connectivity index (χ1v) is 8.28. The molecule has 0 amide bonds. The molecule has 0 heterocycles. The van der Waals surface area contributed by atoms with Gasteiger partial charge in [0, 0.05) is 0 Å². The van der Waals surface area contributed by atoms with E-state index < -0.39 is 0 Å². The van der Waals surface area contributed by atoms with E-state index in [1.165, 1.54) is 0 Å². The number of allylic oxidation sites excluding steroid dienone is 8. The molecule has 134 valence electrons. The summed E-state index contributed by atoms with van der Waals surface area (Å²) in [5.74, 6) is 0. The summed E-state index contributed by atoms with van der Waals surface area (Å²) in [6.45, 7) is 1.80. The number of rotatable bonds is 4. The van der Waals surface area contributed by atoms with Crippen LogP contribution >= 0.6 is 0 Å². The summed E-state index contributed by atoms with van der Waals surface area (Å²) < 4.78 is 0. The average molecular weight is 366 g/mol. The minimum absolute atomic E-state index is 0.500. The van der Waals surface area contributed by atoms with E-state index in [0.29, 0.717) is 42.1 Å². The SMILES string of the molecule is CC1=CC(=NC#N)C(CCCC2=CC(=NC#N)C=CC2=NC#N)=CC1=NC#N. The first-order chi connectivity index (χ1) is 13.6. The van der Waals surface area contributed by atoms with Gasteiger partial charge in [0.1, 0.15) is 0 Å². The molecule has 0 saturated heterocycles. The molecule has 0 saturated carbocycles. The molecular formula is C20H14N8. The summed E-state index contributed by atoms with van der Waals surface area (Å²) in [6.07, 6.45) is 17.4. The second-order valence-corrected chi connectivity index (χ2v) is 5.78. The van der Waals surface area contributed by atoms with Crippen molar-refractivity contribution in [3.8, 4) is 24.8 Å². The van der Waals surface area contributed by atoms with Crippen LogP contribution in [0.15, 0.2) is 67.1 Å². The topological polar surface area (TPSA) is 145 Å². The van der Waals surface area contributed by atoms with Gasteiger partial charge in [-0.1, -0.05) is 0 Å². The predicted octanol–water partition coefficient (Wildman–Crippen LogP) is 3.23. The lowest BCUT2D eigenvalue weighted by atomic mass is 9.91. The summed E-state index contributed by atoms with van der Waals surface area (Å²) in [7, 11) is 0. The van der Waals surface area contributed by atoms with Gasteiger partial charge in [-0.3, -0.25) is 0 Å². The van der Waals surface area contributed by atoms with E-state index in [0.717, 1.165) is 16.7 Å². The molecule has 28 heavy (non-hydrogen) atoms. The fraction of sp³-hybridized carbons (Fsp3) is 0.200. The highest BCUT2D eigenvalue weighted by molar-refractivity contribution is 6.24. The second kappa shape index (κ2) is 9.92. The molecular weight excluding hydrogens is 352 g/mol. The van der Waals surface area contributed by atoms with Gasteiger partial charge < -0.3 is 0 Å². The quantitative estimate of drug-likeness (QED) is 0.555. The highest BCUT2D eigenvalue weighted by Crippen LogP contribution is 2.22. The van der Waals surface area contributed by atoms with Gasteiger partial charge in [-0.05, 0) is 73.3 Å². The zero-order chi connectivity index (χ0) is 20.4. The van der Waals surface area contributed by atoms with E-state index in [9.17, 15) is 0 Å². The van der Waals surface area contributed by atoms with Crippen molar-refractivity contribution in [1.82, 2.24) is 0 Å². The van der Waals surface area contributed by atoms with Crippen molar-refractivity contribution >= 4 is 22.8 Å². The largest absolute Gasteiger partial charge is 0.206 e. The third-order valence-corrected chi connectivity index (χ3v) is 4.04. The van der Waals surface area contributed by atoms with Gasteiger partial charge in [0.2, 0.25) is 24.8 Å². The number of nitrogens with zero attached hydrogens (tertiary/aromatic N) is 8. The highest BCUT2D eigenvalue weighted by Gasteiger charge is 2.16. The first-order valence-electron chi connectivity index (χ1n) is 8.28. The summed E-state index contributed by atoms with van der Waals surface area (Å²) in [5.41, 5.74) is 4.49. The molecule has 0 unspecified atom stereocenters. The monoisotopic (exact) mass is 366 g/mol. The van der Waals surface area contributed by atoms with E-state index in [2.05, 4.69) is 20.0 Å². The molecule has 0 aromatic heterocycles. The van der Waals surface area contributed by atoms with Crippen molar-refractivity contribution in [2.75, 3.05) is 0 Å². The van der Waals surface area contributed by atoms with Gasteiger partial charge in [-0.15, -0.1) is 0 Å². The maximum absolute atomic E-state index is 8.92. The Labute approximate surface area is 162 Å². The standard InChI is InChI=1S/C20H14N8/c1-14-7-20(28-13-24)16(9-19(14)27-12-23)4-2-3-15-8-17(25-10-21)5-6-18(15)26-11-22/h5-9H,2-4H2,1H3. The van der Waals surface area contributed by atoms with E-state index in [1.807, 2.05) is 0 Å². The van der Waals surface area contributed by atoms with Crippen LogP contribution in [0.5, 0.6) is 0 Å². The Balaban J connectivity index is 2.19. The summed E-state index contributed by atoms with van der Waals surface area (Å²) in [5, 5.41) is 35.3. The lowest BCUT2D eigenvalue weighted by molar-refractivity contribution is 0.839. The third-order valence-electron chi connectivity index (χ3n) is 4.04. The van der Waals surface area contributed by atoms with Crippen LogP contribution in [0.1, 0.15) is 26.2 Å². The minimum Gasteiger partial charge on any atom is -0.174 e. The smallest absolute Gasteiger partial charge is 0.174 e. The van der Waals surface area contributed by atoms with Crippen molar-refractivity contribution < 1.29 is 0 Å². The highest BCUT2D eigenvalue weighted by atomic mass is 14.8. The Morgan fingerprint density at radius 3 is 1.89 bits per heavy atom. The molecule has 2 rings (SSSR count). The Morgan fingerprint density at radius 1 is 0.679 bits per heavy atom. The fourth-order valence-corrected chi connectivity index (χ4v) is 2.79. The zero-order valence-electron chi connectivity index (χ0n) is 15.1. The minimum atomic E-state index is 0.500. The maximum atomic E-state index is 8.92. The second-order valence-electron chi connectivity index (χ2n) is 5.78. The third kappa shape index (κ3) is 5.05. The molecule has 0 aliphatic heterocycles. The molecule has 0 radical (unpaired) electrons. The van der Waals surface area contributed by atoms with Crippen LogP contribution in [0, 0.1) is 45.8 Å². The predicted molar refractivity (Wildman–Crippen MR) is 105 cm³/mol. The fourth-order valence-electron chi connectivity index (χ4n) is 2.79. The number of hydrogen-bond acceptors (Lipinski definition) is 8. The Kier molecular flexibility index (Phi) is 7.06. The van der Waals surface area contributed by atoms with Crippen LogP contribution in [0.3, 0.4) is 0 Å². The summed E-state index contributed by atoms with van der Waals surface area (Å²) >= 11 is 0. The Hall–Kier alpha value is -4.40. The van der Waals surface area contributed by atoms with Crippen molar-refractivity contribution in [3.05, 3.63) is 47.1 Å².